The molecular formula is C17H24O. The largest absolute Gasteiger partial charge is 0.303 e. The summed E-state index contributed by atoms with van der Waals surface area (Å²) in [4.78, 5) is 11.2. The molecule has 2 unspecified atom stereocenters. The fourth-order valence-electron chi connectivity index (χ4n) is 3.55. The second kappa shape index (κ2) is 4.22. The molecule has 1 aromatic rings. The Bertz CT molecular complexity index is 456. The predicted octanol–water partition coefficient (Wildman–Crippen LogP) is 4.00. The van der Waals surface area contributed by atoms with Gasteiger partial charge < -0.3 is 4.79 Å². The van der Waals surface area contributed by atoms with E-state index < -0.39 is 0 Å². The molecule has 98 valence electrons. The third-order valence-corrected chi connectivity index (χ3v) is 5.52. The average molecular weight is 244 g/mol. The maximum absolute atomic E-state index is 11.2. The van der Waals surface area contributed by atoms with Crippen molar-refractivity contribution >= 4 is 6.29 Å². The Hall–Kier alpha value is -1.11. The zero-order chi connectivity index (χ0) is 13.6. The Morgan fingerprint density at radius 1 is 1.22 bits per heavy atom. The van der Waals surface area contributed by atoms with Gasteiger partial charge in [-0.15, -0.1) is 0 Å². The number of benzene rings is 1. The lowest BCUT2D eigenvalue weighted by molar-refractivity contribution is -0.114. The van der Waals surface area contributed by atoms with Crippen molar-refractivity contribution in [2.75, 3.05) is 0 Å². The van der Waals surface area contributed by atoms with Crippen LogP contribution in [0.2, 0.25) is 0 Å². The molecule has 1 aromatic carbocycles. The van der Waals surface area contributed by atoms with Gasteiger partial charge in [0.25, 0.3) is 0 Å². The predicted molar refractivity (Wildman–Crippen MR) is 75.7 cm³/mol. The van der Waals surface area contributed by atoms with Gasteiger partial charge in [-0.3, -0.25) is 0 Å². The van der Waals surface area contributed by atoms with Gasteiger partial charge in [-0.2, -0.15) is 0 Å². The zero-order valence-electron chi connectivity index (χ0n) is 12.2. The minimum absolute atomic E-state index is 0.101. The molecule has 0 aliphatic heterocycles. The van der Waals surface area contributed by atoms with Gasteiger partial charge in [0.15, 0.2) is 0 Å². The van der Waals surface area contributed by atoms with E-state index in [-0.39, 0.29) is 16.7 Å². The highest BCUT2D eigenvalue weighted by atomic mass is 16.1. The Kier molecular flexibility index (Phi) is 3.12. The molecule has 2 atom stereocenters. The Labute approximate surface area is 111 Å². The second-order valence-corrected chi connectivity index (χ2v) is 6.81. The summed E-state index contributed by atoms with van der Waals surface area (Å²) < 4.78 is 0. The molecular weight excluding hydrogens is 220 g/mol. The quantitative estimate of drug-likeness (QED) is 0.719. The van der Waals surface area contributed by atoms with Crippen molar-refractivity contribution in [1.82, 2.24) is 0 Å². The molecule has 0 N–H and O–H groups in total. The number of aldehydes is 1. The maximum Gasteiger partial charge on any atom is 0.123 e. The summed E-state index contributed by atoms with van der Waals surface area (Å²) in [6, 6.07) is 8.70. The molecule has 0 fully saturated rings. The first-order valence-corrected chi connectivity index (χ1v) is 6.86. The van der Waals surface area contributed by atoms with E-state index in [0.717, 1.165) is 12.7 Å². The van der Waals surface area contributed by atoms with Crippen LogP contribution in [0.3, 0.4) is 0 Å². The van der Waals surface area contributed by atoms with Crippen LogP contribution in [-0.2, 0) is 16.6 Å². The molecule has 0 bridgehead atoms. The number of hydrogen-bond donors (Lipinski definition) is 0. The first-order chi connectivity index (χ1) is 8.32. The SMILES string of the molecule is CC(C=O)C1Cc2ccccc2C(C)(C)C1(C)C. The monoisotopic (exact) mass is 244 g/mol. The topological polar surface area (TPSA) is 17.1 Å². The summed E-state index contributed by atoms with van der Waals surface area (Å²) in [5.41, 5.74) is 3.09. The first-order valence-electron chi connectivity index (χ1n) is 6.86. The fraction of sp³-hybridized carbons (Fsp3) is 0.588. The molecule has 0 saturated carbocycles. The van der Waals surface area contributed by atoms with Gasteiger partial charge in [-0.1, -0.05) is 58.9 Å². The van der Waals surface area contributed by atoms with Gasteiger partial charge in [0.2, 0.25) is 0 Å². The van der Waals surface area contributed by atoms with Crippen molar-refractivity contribution in [3.63, 3.8) is 0 Å². The highest BCUT2D eigenvalue weighted by Gasteiger charge is 2.49. The van der Waals surface area contributed by atoms with E-state index in [4.69, 9.17) is 0 Å². The van der Waals surface area contributed by atoms with Gasteiger partial charge in [0.1, 0.15) is 6.29 Å². The number of carbonyl (C=O) groups is 1. The van der Waals surface area contributed by atoms with E-state index in [9.17, 15) is 4.79 Å². The van der Waals surface area contributed by atoms with Crippen LogP contribution < -0.4 is 0 Å². The van der Waals surface area contributed by atoms with Gasteiger partial charge in [-0.25, -0.2) is 0 Å². The Balaban J connectivity index is 2.57. The summed E-state index contributed by atoms with van der Waals surface area (Å²) in [6.07, 6.45) is 2.14. The number of rotatable bonds is 2. The number of fused-ring (bicyclic) bond motifs is 1. The highest BCUT2D eigenvalue weighted by Crippen LogP contribution is 2.54. The van der Waals surface area contributed by atoms with Crippen LogP contribution in [0.15, 0.2) is 24.3 Å². The zero-order valence-corrected chi connectivity index (χ0v) is 12.2. The number of carbonyl (C=O) groups excluding carboxylic acids is 1. The minimum Gasteiger partial charge on any atom is -0.303 e. The van der Waals surface area contributed by atoms with Crippen molar-refractivity contribution in [2.45, 2.75) is 46.5 Å². The van der Waals surface area contributed by atoms with E-state index >= 15 is 0 Å². The third-order valence-electron chi connectivity index (χ3n) is 5.52. The average Bonchev–Trinajstić information content (AvgIpc) is 2.33. The van der Waals surface area contributed by atoms with E-state index in [1.807, 2.05) is 0 Å². The lowest BCUT2D eigenvalue weighted by Gasteiger charge is -2.53. The second-order valence-electron chi connectivity index (χ2n) is 6.81. The molecule has 0 saturated heterocycles. The van der Waals surface area contributed by atoms with Gasteiger partial charge in [-0.05, 0) is 34.3 Å². The molecule has 0 aromatic heterocycles. The van der Waals surface area contributed by atoms with E-state index in [1.54, 1.807) is 0 Å². The lowest BCUT2D eigenvalue weighted by Crippen LogP contribution is -2.49. The van der Waals surface area contributed by atoms with Crippen LogP contribution in [0.4, 0.5) is 0 Å². The van der Waals surface area contributed by atoms with Gasteiger partial charge in [0, 0.05) is 5.92 Å². The number of hydrogen-bond acceptors (Lipinski definition) is 1. The maximum atomic E-state index is 11.2. The van der Waals surface area contributed by atoms with Crippen LogP contribution in [-0.4, -0.2) is 6.29 Å². The molecule has 1 aliphatic rings. The van der Waals surface area contributed by atoms with E-state index in [2.05, 4.69) is 58.9 Å². The van der Waals surface area contributed by atoms with Crippen molar-refractivity contribution < 1.29 is 4.79 Å². The Morgan fingerprint density at radius 2 is 1.83 bits per heavy atom. The summed E-state index contributed by atoms with van der Waals surface area (Å²) in [6.45, 7) is 11.3. The van der Waals surface area contributed by atoms with Crippen molar-refractivity contribution in [2.24, 2.45) is 17.3 Å². The normalized spacial score (nSPS) is 26.2. The van der Waals surface area contributed by atoms with Crippen LogP contribution in [0.5, 0.6) is 0 Å². The molecule has 0 heterocycles. The molecule has 18 heavy (non-hydrogen) atoms. The summed E-state index contributed by atoms with van der Waals surface area (Å²) in [5.74, 6) is 0.535. The highest BCUT2D eigenvalue weighted by molar-refractivity contribution is 5.55. The van der Waals surface area contributed by atoms with Crippen LogP contribution in [0.25, 0.3) is 0 Å². The van der Waals surface area contributed by atoms with Gasteiger partial charge >= 0.3 is 0 Å². The summed E-state index contributed by atoms with van der Waals surface area (Å²) in [7, 11) is 0. The standard InChI is InChI=1S/C17H24O/c1-12(11-18)15-10-13-8-6-7-9-14(13)16(2,3)17(15,4)5/h6-9,11-12,15H,10H2,1-5H3. The smallest absolute Gasteiger partial charge is 0.123 e. The molecule has 1 nitrogen and oxygen atoms in total. The Morgan fingerprint density at radius 3 is 2.44 bits per heavy atom. The van der Waals surface area contributed by atoms with Crippen molar-refractivity contribution in [3.8, 4) is 0 Å². The molecule has 1 aliphatic carbocycles. The van der Waals surface area contributed by atoms with Crippen molar-refractivity contribution in [1.29, 1.82) is 0 Å². The molecule has 0 radical (unpaired) electrons. The van der Waals surface area contributed by atoms with Crippen molar-refractivity contribution in [3.05, 3.63) is 35.4 Å². The van der Waals surface area contributed by atoms with E-state index in [0.29, 0.717) is 5.92 Å². The first kappa shape index (κ1) is 13.3. The van der Waals surface area contributed by atoms with Crippen LogP contribution in [0.1, 0.15) is 45.7 Å². The summed E-state index contributed by atoms with van der Waals surface area (Å²) in [5, 5.41) is 0. The minimum atomic E-state index is 0.101. The lowest BCUT2D eigenvalue weighted by atomic mass is 9.51. The van der Waals surface area contributed by atoms with Gasteiger partial charge in [0.05, 0.1) is 0 Å². The molecule has 0 amide bonds. The molecule has 1 heteroatoms. The van der Waals surface area contributed by atoms with E-state index in [1.165, 1.54) is 11.1 Å². The summed E-state index contributed by atoms with van der Waals surface area (Å²) >= 11 is 0. The third kappa shape index (κ3) is 1.72. The van der Waals surface area contributed by atoms with Crippen LogP contribution >= 0.6 is 0 Å². The molecule has 2 rings (SSSR count). The molecule has 0 spiro atoms. The fourth-order valence-corrected chi connectivity index (χ4v) is 3.55. The van der Waals surface area contributed by atoms with Crippen LogP contribution in [0, 0.1) is 17.3 Å².